The second-order valence-electron chi connectivity index (χ2n) is 20.2. The first-order valence-corrected chi connectivity index (χ1v) is 26.5. The van der Waals surface area contributed by atoms with E-state index in [4.69, 9.17) is 9.72 Å². The Kier molecular flexibility index (Phi) is 13.5. The molecule has 1 aliphatic carbocycles. The van der Waals surface area contributed by atoms with E-state index in [-0.39, 0.29) is 53.5 Å². The summed E-state index contributed by atoms with van der Waals surface area (Å²) < 4.78 is 23.1. The second kappa shape index (κ2) is 20.5. The summed E-state index contributed by atoms with van der Waals surface area (Å²) in [6.45, 7) is 3.77. The first-order chi connectivity index (χ1) is 36.3. The number of anilines is 2. The van der Waals surface area contributed by atoms with Crippen LogP contribution in [0.25, 0.3) is 21.3 Å². The average molecular weight is 1030 g/mol. The van der Waals surface area contributed by atoms with Crippen LogP contribution in [0.15, 0.2) is 84.9 Å². The molecule has 6 heterocycles. The van der Waals surface area contributed by atoms with Gasteiger partial charge >= 0.3 is 5.97 Å². The number of piperidine rings is 2. The highest BCUT2D eigenvalue weighted by Gasteiger charge is 2.45. The van der Waals surface area contributed by atoms with Crippen molar-refractivity contribution in [1.29, 1.82) is 0 Å². The maximum atomic E-state index is 15.6. The number of aromatic carboxylic acids is 1. The highest BCUT2D eigenvalue weighted by Crippen LogP contribution is 2.39. The molecule has 3 fully saturated rings. The number of halogens is 1. The summed E-state index contributed by atoms with van der Waals surface area (Å²) in [5.74, 6) is -3.34. The molecular weight excluding hydrogens is 978 g/mol. The van der Waals surface area contributed by atoms with Crippen LogP contribution in [0.3, 0.4) is 0 Å². The van der Waals surface area contributed by atoms with Crippen LogP contribution in [0.5, 0.6) is 5.75 Å². The Bertz CT molecular complexity index is 3310. The Morgan fingerprint density at radius 1 is 0.813 bits per heavy atom. The van der Waals surface area contributed by atoms with Crippen molar-refractivity contribution in [3.8, 4) is 16.9 Å². The molecule has 1 atom stereocenters. The summed E-state index contributed by atoms with van der Waals surface area (Å²) in [5, 5.41) is 16.2. The lowest BCUT2D eigenvalue weighted by atomic mass is 9.84. The molecule has 4 aliphatic heterocycles. The minimum atomic E-state index is -1.15. The number of hydrogen-bond donors (Lipinski definition) is 3. The molecule has 4 aromatic carbocycles. The van der Waals surface area contributed by atoms with Crippen molar-refractivity contribution in [2.45, 2.75) is 102 Å². The molecule has 3 N–H and O–H groups in total. The molecule has 1 saturated carbocycles. The molecule has 5 aliphatic rings. The number of aromatic nitrogens is 2. The van der Waals surface area contributed by atoms with Crippen LogP contribution >= 0.6 is 11.3 Å². The van der Waals surface area contributed by atoms with Gasteiger partial charge in [-0.2, -0.15) is 0 Å². The van der Waals surface area contributed by atoms with Crippen LogP contribution in [0.2, 0.25) is 0 Å². The average Bonchev–Trinajstić information content (AvgIpc) is 3.94. The van der Waals surface area contributed by atoms with Crippen molar-refractivity contribution in [3.63, 3.8) is 0 Å². The Hall–Kier alpha value is -7.86. The van der Waals surface area contributed by atoms with E-state index in [0.29, 0.717) is 96.7 Å². The van der Waals surface area contributed by atoms with Gasteiger partial charge in [-0.15, -0.1) is 0 Å². The first kappa shape index (κ1) is 49.4. The van der Waals surface area contributed by atoms with Crippen LogP contribution in [-0.4, -0.2) is 98.1 Å². The number of amides is 6. The Morgan fingerprint density at radius 3 is 2.33 bits per heavy atom. The molecule has 11 rings (SSSR count). The largest absolute Gasteiger partial charge is 0.490 e. The van der Waals surface area contributed by atoms with Crippen LogP contribution in [-0.2, 0) is 27.3 Å². The van der Waals surface area contributed by atoms with Crippen LogP contribution in [0.1, 0.15) is 134 Å². The van der Waals surface area contributed by atoms with E-state index in [1.54, 1.807) is 12.1 Å². The number of carbonyl (C=O) groups excluding carboxylic acids is 6. The third-order valence-electron chi connectivity index (χ3n) is 15.7. The number of rotatable bonds is 12. The molecule has 0 spiro atoms. The second-order valence-corrected chi connectivity index (χ2v) is 21.2. The molecule has 16 nitrogen and oxygen atoms in total. The van der Waals surface area contributed by atoms with Crippen molar-refractivity contribution in [2.24, 2.45) is 5.92 Å². The lowest BCUT2D eigenvalue weighted by molar-refractivity contribution is -0.136. The zero-order valence-corrected chi connectivity index (χ0v) is 42.1. The number of para-hydroxylation sites is 1. The summed E-state index contributed by atoms with van der Waals surface area (Å²) in [5.41, 5.74) is 5.44. The van der Waals surface area contributed by atoms with Gasteiger partial charge in [-0.3, -0.25) is 44.3 Å². The minimum absolute atomic E-state index is 0.0108. The number of carbonyl (C=O) groups is 7. The van der Waals surface area contributed by atoms with Gasteiger partial charge in [0.05, 0.1) is 27.4 Å². The normalized spacial score (nSPS) is 20.0. The van der Waals surface area contributed by atoms with Gasteiger partial charge in [-0.25, -0.2) is 19.2 Å². The monoisotopic (exact) mass is 1030 g/mol. The molecule has 6 amide bonds. The molecule has 1 unspecified atom stereocenters. The quantitative estimate of drug-likeness (QED) is 0.0983. The van der Waals surface area contributed by atoms with Gasteiger partial charge in [0, 0.05) is 50.1 Å². The molecule has 384 valence electrons. The summed E-state index contributed by atoms with van der Waals surface area (Å²) in [6, 6.07) is 24.1. The Morgan fingerprint density at radius 2 is 1.57 bits per heavy atom. The predicted molar refractivity (Wildman–Crippen MR) is 277 cm³/mol. The van der Waals surface area contributed by atoms with E-state index in [1.165, 1.54) is 17.4 Å². The summed E-state index contributed by atoms with van der Waals surface area (Å²) in [6.07, 6.45) is 6.13. The van der Waals surface area contributed by atoms with Crippen LogP contribution in [0.4, 0.5) is 15.3 Å². The number of nitrogens with zero attached hydrogens (tertiary/aromatic N) is 5. The van der Waals surface area contributed by atoms with E-state index < -0.39 is 41.5 Å². The summed E-state index contributed by atoms with van der Waals surface area (Å²) in [4.78, 5) is 105. The van der Waals surface area contributed by atoms with Crippen molar-refractivity contribution in [2.75, 3.05) is 29.9 Å². The number of imide groups is 2. The van der Waals surface area contributed by atoms with Gasteiger partial charge < -0.3 is 19.6 Å². The maximum Gasteiger partial charge on any atom is 0.355 e. The standard InChI is InChI=1S/C57H54FN7O9S/c1-31-36(37-17-19-48(60-51(37)56(72)73)64-27-24-33-6-4-8-38(42(33)30-64)52(68)62-57-59-44-9-2-3-11-47(44)75-57)7-5-10-46(31)74-35-15-12-32(13-16-35)14-21-50(67)63-25-22-34(23-26-63)39-28-40-41(29-43(39)58)55(71)65(54(40)70)45-18-20-49(66)61-53(45)69/h2-11,17,19,28-29,32,34-35,45H,12-16,18,20-27,30H2,1H3,(H,72,73)(H,59,62,68)(H,61,66,69)/t32-,35-,45?. The Labute approximate surface area is 435 Å². The number of likely N-dealkylation sites (tertiary alicyclic amines) is 1. The van der Waals surface area contributed by atoms with Gasteiger partial charge in [0.1, 0.15) is 23.4 Å². The van der Waals surface area contributed by atoms with Crippen LogP contribution < -0.4 is 20.3 Å². The highest BCUT2D eigenvalue weighted by atomic mass is 32.1. The lowest BCUT2D eigenvalue weighted by Gasteiger charge is -2.33. The number of carboxylic acid groups (broad SMARTS) is 1. The smallest absolute Gasteiger partial charge is 0.355 e. The van der Waals surface area contributed by atoms with E-state index in [2.05, 4.69) is 15.6 Å². The number of pyridine rings is 1. The topological polar surface area (TPSA) is 209 Å². The summed E-state index contributed by atoms with van der Waals surface area (Å²) >= 11 is 1.41. The number of fused-ring (bicyclic) bond motifs is 3. The van der Waals surface area contributed by atoms with Crippen molar-refractivity contribution >= 4 is 73.9 Å². The van der Waals surface area contributed by atoms with E-state index in [0.717, 1.165) is 70.0 Å². The molecular formula is C57H54FN7O9S. The number of benzene rings is 4. The molecule has 0 radical (unpaired) electrons. The van der Waals surface area contributed by atoms with Crippen molar-refractivity contribution in [3.05, 3.63) is 135 Å². The highest BCUT2D eigenvalue weighted by molar-refractivity contribution is 7.22. The molecule has 75 heavy (non-hydrogen) atoms. The van der Waals surface area contributed by atoms with E-state index >= 15 is 4.39 Å². The fourth-order valence-electron chi connectivity index (χ4n) is 11.6. The van der Waals surface area contributed by atoms with Gasteiger partial charge in [-0.1, -0.05) is 47.7 Å². The molecule has 2 saturated heterocycles. The van der Waals surface area contributed by atoms with E-state index in [9.17, 15) is 38.7 Å². The molecule has 6 aromatic rings. The zero-order chi connectivity index (χ0) is 52.1. The third kappa shape index (κ3) is 9.74. The summed E-state index contributed by atoms with van der Waals surface area (Å²) in [7, 11) is 0. The number of carboxylic acids is 1. The SMILES string of the molecule is Cc1c(O[C@H]2CC[C@H](CCC(=O)N3CCC(c4cc5c(cc4F)C(=O)N(C4CCC(=O)NC4=O)C5=O)CC3)CC2)cccc1-c1ccc(N2CCc3cccc(C(=O)Nc4nc5ccccc5s4)c3C2)nc1C(=O)O. The molecule has 2 aromatic heterocycles. The number of nitrogens with one attached hydrogen (secondary N) is 2. The number of thiazole rings is 1. The zero-order valence-electron chi connectivity index (χ0n) is 41.2. The Balaban J connectivity index is 0.671. The van der Waals surface area contributed by atoms with E-state index in [1.807, 2.05) is 77.4 Å². The van der Waals surface area contributed by atoms with Crippen LogP contribution in [0, 0.1) is 18.7 Å². The molecule has 18 heteroatoms. The molecule has 0 bridgehead atoms. The minimum Gasteiger partial charge on any atom is -0.490 e. The fourth-order valence-corrected chi connectivity index (χ4v) is 12.4. The number of hydrogen-bond acceptors (Lipinski definition) is 12. The third-order valence-corrected chi connectivity index (χ3v) is 16.7. The maximum absolute atomic E-state index is 15.6. The van der Waals surface area contributed by atoms with Gasteiger partial charge in [0.2, 0.25) is 17.7 Å². The lowest BCUT2D eigenvalue weighted by Crippen LogP contribution is -2.54. The predicted octanol–water partition coefficient (Wildman–Crippen LogP) is 8.84. The van der Waals surface area contributed by atoms with Gasteiger partial charge in [0.15, 0.2) is 10.8 Å². The number of ether oxygens (including phenoxy) is 1. The van der Waals surface area contributed by atoms with Gasteiger partial charge in [0.25, 0.3) is 17.7 Å². The fraction of sp³-hybridized carbons (Fsp3) is 0.351. The van der Waals surface area contributed by atoms with Crippen molar-refractivity contribution < 1.29 is 47.8 Å². The van der Waals surface area contributed by atoms with Crippen molar-refractivity contribution in [1.82, 2.24) is 25.1 Å². The van der Waals surface area contributed by atoms with Gasteiger partial charge in [-0.05, 0) is 153 Å². The first-order valence-electron chi connectivity index (χ1n) is 25.6.